The monoisotopic (exact) mass is 256 g/mol. The first kappa shape index (κ1) is 11.3. The van der Waals surface area contributed by atoms with Crippen molar-refractivity contribution in [1.29, 1.82) is 0 Å². The Morgan fingerprint density at radius 1 is 1.00 bits per heavy atom. The van der Waals surface area contributed by atoms with Gasteiger partial charge >= 0.3 is 6.01 Å². The van der Waals surface area contributed by atoms with E-state index < -0.39 is 5.82 Å². The number of rotatable bonds is 2. The van der Waals surface area contributed by atoms with Crippen LogP contribution in [0, 0.1) is 5.82 Å². The van der Waals surface area contributed by atoms with Crippen LogP contribution in [0.15, 0.2) is 42.5 Å². The number of nitrogen functional groups attached to an aromatic ring is 1. The number of hydrogen-bond acceptors (Lipinski definition) is 5. The first-order chi connectivity index (χ1) is 9.22. The lowest BCUT2D eigenvalue weighted by atomic mass is 10.3. The molecule has 2 aromatic carbocycles. The topological polar surface area (TPSA) is 73.9 Å². The zero-order valence-corrected chi connectivity index (χ0v) is 9.75. The van der Waals surface area contributed by atoms with E-state index in [0.29, 0.717) is 16.7 Å². The lowest BCUT2D eigenvalue weighted by molar-refractivity contribution is 0.407. The summed E-state index contributed by atoms with van der Waals surface area (Å²) in [5.41, 5.74) is 7.05. The third kappa shape index (κ3) is 2.28. The molecule has 3 rings (SSSR count). The fourth-order valence-electron chi connectivity index (χ4n) is 1.61. The Labute approximate surface area is 107 Å². The Morgan fingerprint density at radius 3 is 2.58 bits per heavy atom. The SMILES string of the molecule is Nc1ccc(Oc2nnc3ccccc3n2)c(F)c1. The zero-order chi connectivity index (χ0) is 13.2. The molecule has 0 aliphatic rings. The summed E-state index contributed by atoms with van der Waals surface area (Å²) in [4.78, 5) is 4.14. The molecule has 0 unspecified atom stereocenters. The lowest BCUT2D eigenvalue weighted by Crippen LogP contribution is -1.97. The molecular formula is C13H9FN4O. The summed E-state index contributed by atoms with van der Waals surface area (Å²) < 4.78 is 18.8. The molecule has 19 heavy (non-hydrogen) atoms. The minimum Gasteiger partial charge on any atom is -0.420 e. The van der Waals surface area contributed by atoms with E-state index in [1.165, 1.54) is 18.2 Å². The van der Waals surface area contributed by atoms with Crippen LogP contribution in [-0.4, -0.2) is 15.2 Å². The van der Waals surface area contributed by atoms with Crippen LogP contribution < -0.4 is 10.5 Å². The summed E-state index contributed by atoms with van der Waals surface area (Å²) in [5, 5.41) is 7.72. The molecule has 0 fully saturated rings. The van der Waals surface area contributed by atoms with E-state index in [1.807, 2.05) is 12.1 Å². The van der Waals surface area contributed by atoms with E-state index in [9.17, 15) is 4.39 Å². The molecule has 6 heteroatoms. The van der Waals surface area contributed by atoms with Gasteiger partial charge in [0.1, 0.15) is 5.52 Å². The quantitative estimate of drug-likeness (QED) is 0.713. The molecule has 0 atom stereocenters. The molecule has 3 aromatic rings. The minimum absolute atomic E-state index is 0.00582. The molecule has 1 aromatic heterocycles. The minimum atomic E-state index is -0.572. The van der Waals surface area contributed by atoms with Gasteiger partial charge < -0.3 is 10.5 Å². The van der Waals surface area contributed by atoms with E-state index in [1.54, 1.807) is 12.1 Å². The van der Waals surface area contributed by atoms with E-state index in [0.717, 1.165) is 0 Å². The summed E-state index contributed by atoms with van der Waals surface area (Å²) in [7, 11) is 0. The molecule has 0 amide bonds. The van der Waals surface area contributed by atoms with Crippen LogP contribution in [0.25, 0.3) is 11.0 Å². The summed E-state index contributed by atoms with van der Waals surface area (Å²) in [5.74, 6) is -0.567. The highest BCUT2D eigenvalue weighted by molar-refractivity contribution is 5.73. The number of benzene rings is 2. The van der Waals surface area contributed by atoms with Gasteiger partial charge in [-0.25, -0.2) is 4.39 Å². The Balaban J connectivity index is 1.96. The van der Waals surface area contributed by atoms with Gasteiger partial charge in [-0.05, 0) is 24.3 Å². The van der Waals surface area contributed by atoms with Gasteiger partial charge in [-0.2, -0.15) is 4.98 Å². The molecule has 0 saturated heterocycles. The Hall–Kier alpha value is -2.76. The highest BCUT2D eigenvalue weighted by Gasteiger charge is 2.08. The highest BCUT2D eigenvalue weighted by Crippen LogP contribution is 2.23. The number of anilines is 1. The molecule has 0 spiro atoms. The summed E-state index contributed by atoms with van der Waals surface area (Å²) in [6.07, 6.45) is 0. The lowest BCUT2D eigenvalue weighted by Gasteiger charge is -2.05. The van der Waals surface area contributed by atoms with Crippen molar-refractivity contribution >= 4 is 16.7 Å². The van der Waals surface area contributed by atoms with Gasteiger partial charge in [-0.3, -0.25) is 0 Å². The maximum Gasteiger partial charge on any atom is 0.341 e. The zero-order valence-electron chi connectivity index (χ0n) is 9.75. The van der Waals surface area contributed by atoms with E-state index in [2.05, 4.69) is 15.2 Å². The molecule has 1 heterocycles. The number of aromatic nitrogens is 3. The third-order valence-electron chi connectivity index (χ3n) is 2.50. The average molecular weight is 256 g/mol. The second-order valence-corrected chi connectivity index (χ2v) is 3.88. The second-order valence-electron chi connectivity index (χ2n) is 3.88. The Kier molecular flexibility index (Phi) is 2.68. The number of para-hydroxylation sites is 1. The van der Waals surface area contributed by atoms with Crippen LogP contribution in [0.5, 0.6) is 11.8 Å². The average Bonchev–Trinajstić information content (AvgIpc) is 2.42. The molecule has 0 saturated carbocycles. The Morgan fingerprint density at radius 2 is 1.79 bits per heavy atom. The van der Waals surface area contributed by atoms with Gasteiger partial charge in [0.25, 0.3) is 0 Å². The molecule has 0 aliphatic carbocycles. The van der Waals surface area contributed by atoms with Crippen LogP contribution in [-0.2, 0) is 0 Å². The van der Waals surface area contributed by atoms with Crippen LogP contribution in [0.3, 0.4) is 0 Å². The predicted octanol–water partition coefficient (Wildman–Crippen LogP) is 2.54. The third-order valence-corrected chi connectivity index (χ3v) is 2.50. The molecule has 0 bridgehead atoms. The number of ether oxygens (including phenoxy) is 1. The fraction of sp³-hybridized carbons (Fsp3) is 0. The van der Waals surface area contributed by atoms with Crippen molar-refractivity contribution in [3.8, 4) is 11.8 Å². The normalized spacial score (nSPS) is 10.6. The van der Waals surface area contributed by atoms with Gasteiger partial charge in [-0.15, -0.1) is 5.10 Å². The molecule has 5 nitrogen and oxygen atoms in total. The molecule has 0 radical (unpaired) electrons. The van der Waals surface area contributed by atoms with E-state index in [4.69, 9.17) is 10.5 Å². The van der Waals surface area contributed by atoms with Gasteiger partial charge in [0.15, 0.2) is 11.6 Å². The number of nitrogens with zero attached hydrogens (tertiary/aromatic N) is 3. The number of fused-ring (bicyclic) bond motifs is 1. The van der Waals surface area contributed by atoms with Crippen molar-refractivity contribution in [3.05, 3.63) is 48.3 Å². The summed E-state index contributed by atoms with van der Waals surface area (Å²) in [6, 6.07) is 11.3. The van der Waals surface area contributed by atoms with Crippen LogP contribution in [0.2, 0.25) is 0 Å². The summed E-state index contributed by atoms with van der Waals surface area (Å²) >= 11 is 0. The van der Waals surface area contributed by atoms with E-state index in [-0.39, 0.29) is 11.8 Å². The first-order valence-corrected chi connectivity index (χ1v) is 5.55. The Bertz CT molecular complexity index is 748. The highest BCUT2D eigenvalue weighted by atomic mass is 19.1. The van der Waals surface area contributed by atoms with Crippen molar-refractivity contribution in [1.82, 2.24) is 15.2 Å². The van der Waals surface area contributed by atoms with Crippen molar-refractivity contribution < 1.29 is 9.13 Å². The van der Waals surface area contributed by atoms with Gasteiger partial charge in [0, 0.05) is 11.8 Å². The number of halogens is 1. The summed E-state index contributed by atoms with van der Waals surface area (Å²) in [6.45, 7) is 0. The molecule has 0 aliphatic heterocycles. The van der Waals surface area contributed by atoms with Crippen molar-refractivity contribution in [3.63, 3.8) is 0 Å². The standard InChI is InChI=1S/C13H9FN4O/c14-9-7-8(15)5-6-12(9)19-13-16-10-3-1-2-4-11(10)17-18-13/h1-7H,15H2. The maximum atomic E-state index is 13.6. The van der Waals surface area contributed by atoms with Crippen molar-refractivity contribution in [2.24, 2.45) is 0 Å². The molecule has 94 valence electrons. The fourth-order valence-corrected chi connectivity index (χ4v) is 1.61. The number of hydrogen-bond donors (Lipinski definition) is 1. The van der Waals surface area contributed by atoms with Crippen LogP contribution >= 0.6 is 0 Å². The van der Waals surface area contributed by atoms with Crippen LogP contribution in [0.1, 0.15) is 0 Å². The van der Waals surface area contributed by atoms with Crippen molar-refractivity contribution in [2.45, 2.75) is 0 Å². The van der Waals surface area contributed by atoms with E-state index >= 15 is 0 Å². The van der Waals surface area contributed by atoms with Gasteiger partial charge in [-0.1, -0.05) is 17.2 Å². The van der Waals surface area contributed by atoms with Crippen LogP contribution in [0.4, 0.5) is 10.1 Å². The predicted molar refractivity (Wildman–Crippen MR) is 68.2 cm³/mol. The van der Waals surface area contributed by atoms with Crippen molar-refractivity contribution in [2.75, 3.05) is 5.73 Å². The largest absolute Gasteiger partial charge is 0.420 e. The van der Waals surface area contributed by atoms with Gasteiger partial charge in [0.05, 0.1) is 5.52 Å². The molecule has 2 N–H and O–H groups in total. The smallest absolute Gasteiger partial charge is 0.341 e. The maximum absolute atomic E-state index is 13.6. The second kappa shape index (κ2) is 4.49. The first-order valence-electron chi connectivity index (χ1n) is 5.55. The number of nitrogens with two attached hydrogens (primary N) is 1. The molecular weight excluding hydrogens is 247 g/mol. The van der Waals surface area contributed by atoms with Gasteiger partial charge in [0.2, 0.25) is 0 Å².